The minimum absolute atomic E-state index is 0.0125. The van der Waals surface area contributed by atoms with Crippen LogP contribution in [-0.4, -0.2) is 49.1 Å². The Kier molecular flexibility index (Phi) is 5.81. The molecule has 0 aromatic carbocycles. The zero-order chi connectivity index (χ0) is 14.5. The molecule has 0 radical (unpaired) electrons. The van der Waals surface area contributed by atoms with Gasteiger partial charge in [0.25, 0.3) is 0 Å². The van der Waals surface area contributed by atoms with Crippen molar-refractivity contribution in [1.29, 1.82) is 0 Å². The maximum absolute atomic E-state index is 11.9. The lowest BCUT2D eigenvalue weighted by molar-refractivity contribution is -0.121. The zero-order valence-electron chi connectivity index (χ0n) is 13.3. The Bertz CT molecular complexity index is 288. The van der Waals surface area contributed by atoms with Gasteiger partial charge in [0.05, 0.1) is 6.54 Å². The van der Waals surface area contributed by atoms with Gasteiger partial charge in [-0.05, 0) is 47.7 Å². The van der Waals surface area contributed by atoms with Crippen LogP contribution in [0, 0.1) is 0 Å². The van der Waals surface area contributed by atoms with E-state index in [0.29, 0.717) is 6.54 Å². The summed E-state index contributed by atoms with van der Waals surface area (Å²) in [5.74, 6) is 0.0988. The summed E-state index contributed by atoms with van der Waals surface area (Å²) in [4.78, 5) is 14.2. The molecule has 0 unspecified atom stereocenters. The second-order valence-corrected chi connectivity index (χ2v) is 7.06. The molecule has 112 valence electrons. The Hall–Kier alpha value is -0.610. The Morgan fingerprint density at radius 1 is 1.16 bits per heavy atom. The highest BCUT2D eigenvalue weighted by molar-refractivity contribution is 5.78. The summed E-state index contributed by atoms with van der Waals surface area (Å²) in [6, 6.07) is 0. The summed E-state index contributed by atoms with van der Waals surface area (Å²) in [7, 11) is 4.26. The molecule has 0 heterocycles. The predicted octanol–water partition coefficient (Wildman–Crippen LogP) is 1.76. The van der Waals surface area contributed by atoms with Crippen molar-refractivity contribution in [2.45, 2.75) is 64.0 Å². The first kappa shape index (κ1) is 16.4. The van der Waals surface area contributed by atoms with Crippen molar-refractivity contribution < 1.29 is 4.79 Å². The van der Waals surface area contributed by atoms with E-state index in [1.165, 1.54) is 32.1 Å². The molecular weight excluding hydrogens is 238 g/mol. The van der Waals surface area contributed by atoms with Gasteiger partial charge in [-0.25, -0.2) is 0 Å². The average molecular weight is 269 g/mol. The van der Waals surface area contributed by atoms with Crippen LogP contribution in [0.1, 0.15) is 52.9 Å². The minimum atomic E-state index is -0.0125. The number of hydrogen-bond donors (Lipinski definition) is 2. The lowest BCUT2D eigenvalue weighted by atomic mass is 9.80. The number of carbonyl (C=O) groups is 1. The molecule has 1 fully saturated rings. The predicted molar refractivity (Wildman–Crippen MR) is 80.3 cm³/mol. The lowest BCUT2D eigenvalue weighted by Crippen LogP contribution is -2.55. The number of amides is 1. The summed E-state index contributed by atoms with van der Waals surface area (Å²) in [5.41, 5.74) is 0.150. The first-order chi connectivity index (χ1) is 8.75. The molecule has 0 bridgehead atoms. The Morgan fingerprint density at radius 3 is 2.21 bits per heavy atom. The molecule has 0 aliphatic heterocycles. The van der Waals surface area contributed by atoms with Crippen LogP contribution in [0.3, 0.4) is 0 Å². The summed E-state index contributed by atoms with van der Waals surface area (Å²) in [6.07, 6.45) is 6.25. The van der Waals surface area contributed by atoms with Gasteiger partial charge < -0.3 is 15.5 Å². The van der Waals surface area contributed by atoms with E-state index in [0.717, 1.165) is 6.54 Å². The van der Waals surface area contributed by atoms with Crippen molar-refractivity contribution in [3.8, 4) is 0 Å². The normalized spacial score (nSPS) is 19.5. The fourth-order valence-electron chi connectivity index (χ4n) is 2.66. The van der Waals surface area contributed by atoms with E-state index in [2.05, 4.69) is 50.4 Å². The molecule has 1 rings (SSSR count). The number of carbonyl (C=O) groups excluding carboxylic acids is 1. The molecule has 1 aliphatic carbocycles. The fourth-order valence-corrected chi connectivity index (χ4v) is 2.66. The largest absolute Gasteiger partial charge is 0.353 e. The maximum Gasteiger partial charge on any atom is 0.234 e. The van der Waals surface area contributed by atoms with E-state index in [1.54, 1.807) is 0 Å². The molecule has 4 nitrogen and oxygen atoms in total. The molecule has 4 heteroatoms. The molecule has 19 heavy (non-hydrogen) atoms. The number of nitrogens with one attached hydrogen (secondary N) is 2. The fraction of sp³-hybridized carbons (Fsp3) is 0.933. The minimum Gasteiger partial charge on any atom is -0.353 e. The van der Waals surface area contributed by atoms with E-state index < -0.39 is 0 Å². The summed E-state index contributed by atoms with van der Waals surface area (Å²) in [5, 5.41) is 6.33. The number of nitrogens with zero attached hydrogens (tertiary/aromatic N) is 1. The topological polar surface area (TPSA) is 44.4 Å². The van der Waals surface area contributed by atoms with Crippen LogP contribution < -0.4 is 10.6 Å². The zero-order valence-corrected chi connectivity index (χ0v) is 13.3. The van der Waals surface area contributed by atoms with Gasteiger partial charge in [-0.2, -0.15) is 0 Å². The van der Waals surface area contributed by atoms with Crippen LogP contribution in [0.15, 0.2) is 0 Å². The average Bonchev–Trinajstić information content (AvgIpc) is 2.34. The van der Waals surface area contributed by atoms with Crippen molar-refractivity contribution in [2.75, 3.05) is 27.2 Å². The molecule has 0 aromatic rings. The molecule has 2 N–H and O–H groups in total. The third kappa shape index (κ3) is 5.49. The van der Waals surface area contributed by atoms with Crippen LogP contribution in [0.4, 0.5) is 0 Å². The van der Waals surface area contributed by atoms with Crippen molar-refractivity contribution >= 4 is 5.91 Å². The van der Waals surface area contributed by atoms with Crippen LogP contribution in [0.25, 0.3) is 0 Å². The lowest BCUT2D eigenvalue weighted by Gasteiger charge is -2.43. The summed E-state index contributed by atoms with van der Waals surface area (Å²) in [6.45, 7) is 7.38. The second-order valence-electron chi connectivity index (χ2n) is 7.06. The third-order valence-corrected chi connectivity index (χ3v) is 4.13. The van der Waals surface area contributed by atoms with Crippen LogP contribution in [0.2, 0.25) is 0 Å². The molecule has 1 amide bonds. The Balaban J connectivity index is 2.42. The first-order valence-electron chi connectivity index (χ1n) is 7.44. The van der Waals surface area contributed by atoms with Crippen LogP contribution in [0.5, 0.6) is 0 Å². The quantitative estimate of drug-likeness (QED) is 0.799. The van der Waals surface area contributed by atoms with Crippen molar-refractivity contribution in [3.05, 3.63) is 0 Å². The van der Waals surface area contributed by atoms with Gasteiger partial charge in [0.2, 0.25) is 5.91 Å². The smallest absolute Gasteiger partial charge is 0.234 e. The van der Waals surface area contributed by atoms with Gasteiger partial charge in [0.15, 0.2) is 0 Å². The first-order valence-corrected chi connectivity index (χ1v) is 7.44. The molecule has 1 saturated carbocycles. The van der Waals surface area contributed by atoms with Gasteiger partial charge in [-0.15, -0.1) is 0 Å². The SMILES string of the molecule is CN(C)C1(CNC(=O)CNC(C)(C)C)CCCCC1. The van der Waals surface area contributed by atoms with Crippen molar-refractivity contribution in [1.82, 2.24) is 15.5 Å². The molecular formula is C15H31N3O. The number of likely N-dealkylation sites (N-methyl/N-ethyl adjacent to an activating group) is 1. The van der Waals surface area contributed by atoms with E-state index in [4.69, 9.17) is 0 Å². The number of hydrogen-bond acceptors (Lipinski definition) is 3. The van der Waals surface area contributed by atoms with E-state index >= 15 is 0 Å². The van der Waals surface area contributed by atoms with Gasteiger partial charge in [0.1, 0.15) is 0 Å². The van der Waals surface area contributed by atoms with E-state index in [9.17, 15) is 4.79 Å². The van der Waals surface area contributed by atoms with Gasteiger partial charge in [0, 0.05) is 17.6 Å². The molecule has 0 saturated heterocycles. The number of rotatable bonds is 5. The van der Waals surface area contributed by atoms with Gasteiger partial charge in [-0.3, -0.25) is 4.79 Å². The summed E-state index contributed by atoms with van der Waals surface area (Å²) < 4.78 is 0. The highest BCUT2D eigenvalue weighted by Gasteiger charge is 2.34. The standard InChI is InChI=1S/C15H31N3O/c1-14(2,3)17-11-13(19)16-12-15(18(4)5)9-7-6-8-10-15/h17H,6-12H2,1-5H3,(H,16,19). The van der Waals surface area contributed by atoms with Crippen LogP contribution >= 0.6 is 0 Å². The van der Waals surface area contributed by atoms with E-state index in [-0.39, 0.29) is 17.0 Å². The Labute approximate surface area is 118 Å². The van der Waals surface area contributed by atoms with Crippen LogP contribution in [-0.2, 0) is 4.79 Å². The Morgan fingerprint density at radius 2 is 1.74 bits per heavy atom. The second kappa shape index (κ2) is 6.71. The van der Waals surface area contributed by atoms with Crippen molar-refractivity contribution in [3.63, 3.8) is 0 Å². The highest BCUT2D eigenvalue weighted by Crippen LogP contribution is 2.31. The molecule has 0 aromatic heterocycles. The molecule has 0 spiro atoms. The molecule has 1 aliphatic rings. The van der Waals surface area contributed by atoms with Gasteiger partial charge in [-0.1, -0.05) is 19.3 Å². The van der Waals surface area contributed by atoms with Crippen molar-refractivity contribution in [2.24, 2.45) is 0 Å². The van der Waals surface area contributed by atoms with E-state index in [1.807, 2.05) is 0 Å². The molecule has 0 atom stereocenters. The highest BCUT2D eigenvalue weighted by atomic mass is 16.1. The maximum atomic E-state index is 11.9. The summed E-state index contributed by atoms with van der Waals surface area (Å²) >= 11 is 0. The monoisotopic (exact) mass is 269 g/mol. The van der Waals surface area contributed by atoms with Gasteiger partial charge >= 0.3 is 0 Å². The third-order valence-electron chi connectivity index (χ3n) is 4.13.